The molecule has 1 atom stereocenters. The molecule has 0 fully saturated rings. The summed E-state index contributed by atoms with van der Waals surface area (Å²) in [5, 5.41) is 18.6. The zero-order valence-corrected chi connectivity index (χ0v) is 19.2. The number of aromatic nitrogens is 6. The number of imidazole rings is 1. The number of fused-ring (bicyclic) bond motifs is 2. The van der Waals surface area contributed by atoms with Crippen LogP contribution >= 0.6 is 0 Å². The highest BCUT2D eigenvalue weighted by Gasteiger charge is 2.28. The lowest BCUT2D eigenvalue weighted by Gasteiger charge is -2.11. The minimum Gasteiger partial charge on any atom is -0.357 e. The summed E-state index contributed by atoms with van der Waals surface area (Å²) in [6.07, 6.45) is 11.0. The molecule has 5 heterocycles. The Kier molecular flexibility index (Phi) is 4.91. The number of rotatable bonds is 5. The Hall–Kier alpha value is -4.73. The number of amides is 1. The van der Waals surface area contributed by atoms with Crippen molar-refractivity contribution in [1.82, 2.24) is 29.7 Å². The van der Waals surface area contributed by atoms with E-state index >= 15 is 0 Å². The number of nitrogens with zero attached hydrogens (tertiary/aromatic N) is 5. The predicted octanol–water partition coefficient (Wildman–Crippen LogP) is 4.40. The molecule has 1 unspecified atom stereocenters. The van der Waals surface area contributed by atoms with E-state index < -0.39 is 0 Å². The van der Waals surface area contributed by atoms with E-state index in [1.54, 1.807) is 24.9 Å². The van der Waals surface area contributed by atoms with Crippen LogP contribution in [0.15, 0.2) is 61.6 Å². The highest BCUT2D eigenvalue weighted by molar-refractivity contribution is 5.92. The first-order valence-corrected chi connectivity index (χ1v) is 11.3. The van der Waals surface area contributed by atoms with E-state index in [0.29, 0.717) is 12.1 Å². The molecule has 1 amide bonds. The lowest BCUT2D eigenvalue weighted by Crippen LogP contribution is -2.13. The summed E-state index contributed by atoms with van der Waals surface area (Å²) in [4.78, 5) is 24.8. The van der Waals surface area contributed by atoms with Crippen LogP contribution in [0.1, 0.15) is 30.9 Å². The van der Waals surface area contributed by atoms with Crippen molar-refractivity contribution in [1.29, 1.82) is 0 Å². The van der Waals surface area contributed by atoms with Crippen LogP contribution in [0, 0.1) is 6.92 Å². The van der Waals surface area contributed by atoms with Crippen molar-refractivity contribution in [2.24, 2.45) is 0 Å². The number of carbonyl (C=O) groups is 1. The average molecular weight is 466 g/mol. The lowest BCUT2D eigenvalue weighted by molar-refractivity contribution is -0.115. The summed E-state index contributed by atoms with van der Waals surface area (Å²) in [5.74, 6) is -0.0471. The molecular formula is C25H23N9O. The highest BCUT2D eigenvalue weighted by atomic mass is 16.1. The predicted molar refractivity (Wildman–Crippen MR) is 134 cm³/mol. The molecule has 0 radical (unpaired) electrons. The summed E-state index contributed by atoms with van der Waals surface area (Å²) in [5.41, 5.74) is 8.01. The van der Waals surface area contributed by atoms with E-state index in [2.05, 4.69) is 47.2 Å². The molecule has 0 bridgehead atoms. The molecule has 0 saturated carbocycles. The van der Waals surface area contributed by atoms with Crippen molar-refractivity contribution < 1.29 is 4.79 Å². The Morgan fingerprint density at radius 3 is 2.80 bits per heavy atom. The molecule has 6 rings (SSSR count). The summed E-state index contributed by atoms with van der Waals surface area (Å²) in [7, 11) is 0. The Morgan fingerprint density at radius 2 is 1.97 bits per heavy atom. The maximum atomic E-state index is 11.8. The fourth-order valence-corrected chi connectivity index (χ4v) is 4.28. The van der Waals surface area contributed by atoms with Gasteiger partial charge in [-0.05, 0) is 30.7 Å². The van der Waals surface area contributed by atoms with Gasteiger partial charge in [-0.2, -0.15) is 5.10 Å². The Balaban J connectivity index is 1.34. The van der Waals surface area contributed by atoms with Gasteiger partial charge in [0.1, 0.15) is 11.9 Å². The number of pyridine rings is 2. The maximum Gasteiger partial charge on any atom is 0.224 e. The molecule has 4 aromatic heterocycles. The van der Waals surface area contributed by atoms with Gasteiger partial charge in [-0.3, -0.25) is 19.9 Å². The molecule has 0 saturated heterocycles. The van der Waals surface area contributed by atoms with Gasteiger partial charge in [0.15, 0.2) is 0 Å². The third-order valence-electron chi connectivity index (χ3n) is 6.05. The first-order chi connectivity index (χ1) is 17.1. The molecule has 10 nitrogen and oxygen atoms in total. The van der Waals surface area contributed by atoms with Crippen LogP contribution in [0.25, 0.3) is 27.7 Å². The minimum atomic E-state index is -0.241. The van der Waals surface area contributed by atoms with E-state index in [9.17, 15) is 4.79 Å². The number of hydrogen-bond donors (Lipinski definition) is 4. The number of carbonyl (C=O) groups excluding carboxylic acids is 1. The topological polar surface area (TPSA) is 125 Å². The minimum absolute atomic E-state index is 0.0471. The molecule has 1 aromatic carbocycles. The smallest absolute Gasteiger partial charge is 0.224 e. The normalized spacial score (nSPS) is 14.4. The average Bonchev–Trinajstić information content (AvgIpc) is 3.61. The van der Waals surface area contributed by atoms with Crippen LogP contribution in [-0.2, 0) is 4.79 Å². The van der Waals surface area contributed by atoms with Gasteiger partial charge in [0.25, 0.3) is 0 Å². The first-order valence-electron chi connectivity index (χ1n) is 11.3. The number of aryl methyl sites for hydroxylation is 1. The monoisotopic (exact) mass is 465 g/mol. The Morgan fingerprint density at radius 1 is 1.09 bits per heavy atom. The second-order valence-corrected chi connectivity index (χ2v) is 8.46. The van der Waals surface area contributed by atoms with Gasteiger partial charge in [0.05, 0.1) is 58.9 Å². The second-order valence-electron chi connectivity index (χ2n) is 8.46. The number of anilines is 3. The van der Waals surface area contributed by atoms with Crippen LogP contribution in [-0.4, -0.2) is 35.6 Å². The van der Waals surface area contributed by atoms with Crippen LogP contribution in [0.2, 0.25) is 0 Å². The SMILES string of the molecule is CCC(=O)Nc1cncc(-c2ccc3[nH]nc(C4Nc5cncc(-n6cnc(C)c6)c5N4)c3c2)c1. The van der Waals surface area contributed by atoms with Crippen LogP contribution in [0.5, 0.6) is 0 Å². The molecule has 1 aliphatic rings. The largest absolute Gasteiger partial charge is 0.357 e. The van der Waals surface area contributed by atoms with Gasteiger partial charge >= 0.3 is 0 Å². The van der Waals surface area contributed by atoms with Crippen LogP contribution < -0.4 is 16.0 Å². The molecule has 10 heteroatoms. The molecule has 0 aliphatic carbocycles. The number of hydrogen-bond acceptors (Lipinski definition) is 7. The molecule has 0 spiro atoms. The van der Waals surface area contributed by atoms with Gasteiger partial charge < -0.3 is 20.5 Å². The highest BCUT2D eigenvalue weighted by Crippen LogP contribution is 2.40. The molecule has 5 aromatic rings. The Bertz CT molecular complexity index is 1570. The fraction of sp³-hybridized carbons (Fsp3) is 0.160. The summed E-state index contributed by atoms with van der Waals surface area (Å²) >= 11 is 0. The number of aromatic amines is 1. The van der Waals surface area contributed by atoms with Crippen molar-refractivity contribution in [2.45, 2.75) is 26.4 Å². The van der Waals surface area contributed by atoms with Crippen molar-refractivity contribution >= 4 is 33.9 Å². The van der Waals surface area contributed by atoms with E-state index in [1.807, 2.05) is 49.0 Å². The van der Waals surface area contributed by atoms with Crippen molar-refractivity contribution in [3.63, 3.8) is 0 Å². The summed E-state index contributed by atoms with van der Waals surface area (Å²) in [6, 6.07) is 8.03. The third kappa shape index (κ3) is 3.74. The van der Waals surface area contributed by atoms with Crippen molar-refractivity contribution in [3.8, 4) is 16.8 Å². The van der Waals surface area contributed by atoms with Gasteiger partial charge in [0.2, 0.25) is 5.91 Å². The van der Waals surface area contributed by atoms with Gasteiger partial charge in [-0.1, -0.05) is 13.0 Å². The zero-order chi connectivity index (χ0) is 23.9. The van der Waals surface area contributed by atoms with Crippen molar-refractivity contribution in [2.75, 3.05) is 16.0 Å². The van der Waals surface area contributed by atoms with Crippen LogP contribution in [0.3, 0.4) is 0 Å². The Labute approximate surface area is 200 Å². The number of nitrogens with one attached hydrogen (secondary N) is 4. The second kappa shape index (κ2) is 8.24. The molecule has 4 N–H and O–H groups in total. The van der Waals surface area contributed by atoms with Gasteiger partial charge in [0, 0.05) is 29.8 Å². The van der Waals surface area contributed by atoms with Gasteiger partial charge in [-0.15, -0.1) is 0 Å². The lowest BCUT2D eigenvalue weighted by atomic mass is 10.0. The van der Waals surface area contributed by atoms with E-state index in [0.717, 1.165) is 50.5 Å². The molecule has 174 valence electrons. The molecule has 35 heavy (non-hydrogen) atoms. The quantitative estimate of drug-likeness (QED) is 0.303. The van der Waals surface area contributed by atoms with E-state index in [1.165, 1.54) is 0 Å². The van der Waals surface area contributed by atoms with E-state index in [-0.39, 0.29) is 12.1 Å². The van der Waals surface area contributed by atoms with Crippen molar-refractivity contribution in [3.05, 3.63) is 73.0 Å². The van der Waals surface area contributed by atoms with Crippen LogP contribution in [0.4, 0.5) is 17.1 Å². The molecular weight excluding hydrogens is 442 g/mol. The number of benzene rings is 1. The molecule has 1 aliphatic heterocycles. The number of H-pyrrole nitrogens is 1. The van der Waals surface area contributed by atoms with Gasteiger partial charge in [-0.25, -0.2) is 4.98 Å². The fourth-order valence-electron chi connectivity index (χ4n) is 4.28. The first kappa shape index (κ1) is 20.8. The summed E-state index contributed by atoms with van der Waals surface area (Å²) < 4.78 is 1.95. The standard InChI is InChI=1S/C25H23N9O/c1-3-22(35)29-17-6-16(8-26-9-17)15-4-5-19-18(7-15)23(33-32-19)25-30-20-10-27-11-21(24(20)31-25)34-12-14(2)28-13-34/h4-13,25,30-31H,3H2,1-2H3,(H,29,35)(H,32,33). The zero-order valence-electron chi connectivity index (χ0n) is 19.2. The summed E-state index contributed by atoms with van der Waals surface area (Å²) in [6.45, 7) is 3.78. The van der Waals surface area contributed by atoms with E-state index in [4.69, 9.17) is 0 Å². The third-order valence-corrected chi connectivity index (χ3v) is 6.05. The maximum absolute atomic E-state index is 11.8.